The molecule has 0 unspecified atom stereocenters. The zero-order valence-corrected chi connectivity index (χ0v) is 15.8. The van der Waals surface area contributed by atoms with Crippen molar-refractivity contribution in [2.24, 2.45) is 0 Å². The Hall–Kier alpha value is -1.90. The molecular formula is C17H20ClN3O4S. The van der Waals surface area contributed by atoms with Crippen LogP contribution in [0.1, 0.15) is 12.8 Å². The molecule has 0 bridgehead atoms. The number of hydrogen-bond donors (Lipinski definition) is 1. The molecule has 1 aliphatic heterocycles. The van der Waals surface area contributed by atoms with Gasteiger partial charge in [0.05, 0.1) is 23.1 Å². The molecule has 1 fully saturated rings. The minimum atomic E-state index is -0.991. The number of halogens is 1. The standard InChI is InChI=1S/C17H20ClN3O4S/c18-12-1-2-13-14(11-12)26-17(19-13)21-7-5-20(6-8-21)9-10-25-16(24)4-3-15(22)23/h1-2,11H,3-10H2,(H,22,23). The molecule has 1 aliphatic rings. The minimum Gasteiger partial charge on any atom is -0.481 e. The van der Waals surface area contributed by atoms with E-state index in [1.165, 1.54) is 0 Å². The number of esters is 1. The molecule has 140 valence electrons. The van der Waals surface area contributed by atoms with Crippen LogP contribution in [0.5, 0.6) is 0 Å². The molecule has 2 heterocycles. The van der Waals surface area contributed by atoms with Gasteiger partial charge in [-0.2, -0.15) is 0 Å². The summed E-state index contributed by atoms with van der Waals surface area (Å²) in [7, 11) is 0. The second kappa shape index (κ2) is 8.66. The molecule has 2 aromatic rings. The van der Waals surface area contributed by atoms with Crippen molar-refractivity contribution in [3.8, 4) is 0 Å². The van der Waals surface area contributed by atoms with Crippen molar-refractivity contribution in [1.29, 1.82) is 0 Å². The van der Waals surface area contributed by atoms with Crippen molar-refractivity contribution in [2.45, 2.75) is 12.8 Å². The number of anilines is 1. The number of carboxylic acids is 1. The predicted octanol–water partition coefficient (Wildman–Crippen LogP) is 2.48. The van der Waals surface area contributed by atoms with Crippen molar-refractivity contribution in [3.05, 3.63) is 23.2 Å². The van der Waals surface area contributed by atoms with Crippen molar-refractivity contribution in [2.75, 3.05) is 44.2 Å². The van der Waals surface area contributed by atoms with Gasteiger partial charge in [-0.1, -0.05) is 22.9 Å². The van der Waals surface area contributed by atoms with Gasteiger partial charge < -0.3 is 14.7 Å². The lowest BCUT2D eigenvalue weighted by molar-refractivity contribution is -0.148. The summed E-state index contributed by atoms with van der Waals surface area (Å²) in [4.78, 5) is 31.0. The first kappa shape index (κ1) is 18.9. The molecule has 1 saturated heterocycles. The van der Waals surface area contributed by atoms with Crippen LogP contribution in [-0.4, -0.2) is 66.3 Å². The van der Waals surface area contributed by atoms with Crippen LogP contribution < -0.4 is 4.90 Å². The molecule has 0 aliphatic carbocycles. The van der Waals surface area contributed by atoms with E-state index in [2.05, 4.69) is 14.8 Å². The van der Waals surface area contributed by atoms with E-state index in [1.54, 1.807) is 11.3 Å². The summed E-state index contributed by atoms with van der Waals surface area (Å²) >= 11 is 7.68. The van der Waals surface area contributed by atoms with Crippen LogP contribution in [0.25, 0.3) is 10.2 Å². The molecule has 0 atom stereocenters. The van der Waals surface area contributed by atoms with Gasteiger partial charge in [0, 0.05) is 37.7 Å². The molecule has 0 spiro atoms. The molecule has 7 nitrogen and oxygen atoms in total. The van der Waals surface area contributed by atoms with Crippen molar-refractivity contribution >= 4 is 50.2 Å². The predicted molar refractivity (Wildman–Crippen MR) is 101 cm³/mol. The van der Waals surface area contributed by atoms with Crippen molar-refractivity contribution in [1.82, 2.24) is 9.88 Å². The second-order valence-corrected chi connectivity index (χ2v) is 7.50. The van der Waals surface area contributed by atoms with Gasteiger partial charge in [-0.3, -0.25) is 14.5 Å². The van der Waals surface area contributed by atoms with E-state index in [0.29, 0.717) is 6.54 Å². The van der Waals surface area contributed by atoms with E-state index in [0.717, 1.165) is 46.5 Å². The van der Waals surface area contributed by atoms with E-state index in [-0.39, 0.29) is 19.4 Å². The number of ether oxygens (including phenoxy) is 1. The maximum Gasteiger partial charge on any atom is 0.306 e. The van der Waals surface area contributed by atoms with E-state index in [4.69, 9.17) is 21.4 Å². The molecule has 0 radical (unpaired) electrons. The molecule has 0 amide bonds. The third-order valence-corrected chi connectivity index (χ3v) is 5.51. The largest absolute Gasteiger partial charge is 0.481 e. The molecule has 1 aromatic heterocycles. The molecular weight excluding hydrogens is 378 g/mol. The van der Waals surface area contributed by atoms with Gasteiger partial charge in [-0.05, 0) is 18.2 Å². The lowest BCUT2D eigenvalue weighted by Crippen LogP contribution is -2.47. The first-order chi connectivity index (χ1) is 12.5. The number of fused-ring (bicyclic) bond motifs is 1. The molecule has 26 heavy (non-hydrogen) atoms. The van der Waals surface area contributed by atoms with Crippen molar-refractivity contribution < 1.29 is 19.4 Å². The van der Waals surface area contributed by atoms with Crippen LogP contribution in [0.3, 0.4) is 0 Å². The van der Waals surface area contributed by atoms with Crippen LogP contribution in [0.15, 0.2) is 18.2 Å². The lowest BCUT2D eigenvalue weighted by Gasteiger charge is -2.34. The van der Waals surface area contributed by atoms with Gasteiger partial charge in [-0.25, -0.2) is 4.98 Å². The van der Waals surface area contributed by atoms with Gasteiger partial charge in [0.2, 0.25) is 0 Å². The van der Waals surface area contributed by atoms with Crippen LogP contribution in [0.2, 0.25) is 5.02 Å². The zero-order valence-electron chi connectivity index (χ0n) is 14.2. The SMILES string of the molecule is O=C(O)CCC(=O)OCCN1CCN(c2nc3ccc(Cl)cc3s2)CC1. The molecule has 0 saturated carbocycles. The summed E-state index contributed by atoms with van der Waals surface area (Å²) < 4.78 is 6.16. The molecule has 1 N–H and O–H groups in total. The lowest BCUT2D eigenvalue weighted by atomic mass is 10.3. The van der Waals surface area contributed by atoms with Crippen LogP contribution in [0, 0.1) is 0 Å². The average molecular weight is 398 g/mol. The number of carbonyl (C=O) groups is 2. The van der Waals surface area contributed by atoms with Gasteiger partial charge in [0.1, 0.15) is 6.61 Å². The quantitative estimate of drug-likeness (QED) is 0.718. The molecule has 9 heteroatoms. The normalized spacial score (nSPS) is 15.3. The summed E-state index contributed by atoms with van der Waals surface area (Å²) in [6.07, 6.45) is -0.268. The van der Waals surface area contributed by atoms with Gasteiger partial charge in [0.25, 0.3) is 0 Å². The number of piperazine rings is 1. The number of aliphatic carboxylic acids is 1. The highest BCUT2D eigenvalue weighted by atomic mass is 35.5. The Kier molecular flexibility index (Phi) is 6.29. The monoisotopic (exact) mass is 397 g/mol. The Morgan fingerprint density at radius 1 is 1.23 bits per heavy atom. The third kappa shape index (κ3) is 5.06. The fourth-order valence-corrected chi connectivity index (χ4v) is 4.05. The number of carbonyl (C=O) groups excluding carboxylic acids is 1. The van der Waals surface area contributed by atoms with Gasteiger partial charge in [-0.15, -0.1) is 0 Å². The Bertz CT molecular complexity index is 789. The van der Waals surface area contributed by atoms with Crippen LogP contribution >= 0.6 is 22.9 Å². The highest BCUT2D eigenvalue weighted by molar-refractivity contribution is 7.22. The Balaban J connectivity index is 1.42. The number of aromatic nitrogens is 1. The fraction of sp³-hybridized carbons (Fsp3) is 0.471. The van der Waals surface area contributed by atoms with E-state index >= 15 is 0 Å². The van der Waals surface area contributed by atoms with Gasteiger partial charge >= 0.3 is 11.9 Å². The summed E-state index contributed by atoms with van der Waals surface area (Å²) in [5, 5.41) is 10.3. The van der Waals surface area contributed by atoms with Crippen LogP contribution in [-0.2, 0) is 14.3 Å². The summed E-state index contributed by atoms with van der Waals surface area (Å²) in [5.74, 6) is -1.45. The Morgan fingerprint density at radius 3 is 2.73 bits per heavy atom. The third-order valence-electron chi connectivity index (χ3n) is 4.20. The number of thiazole rings is 1. The number of hydrogen-bond acceptors (Lipinski definition) is 7. The average Bonchev–Trinajstić information content (AvgIpc) is 3.03. The Labute approximate surface area is 160 Å². The van der Waals surface area contributed by atoms with E-state index in [9.17, 15) is 9.59 Å². The van der Waals surface area contributed by atoms with E-state index in [1.807, 2.05) is 18.2 Å². The van der Waals surface area contributed by atoms with Crippen molar-refractivity contribution in [3.63, 3.8) is 0 Å². The minimum absolute atomic E-state index is 0.0786. The summed E-state index contributed by atoms with van der Waals surface area (Å²) in [5.41, 5.74) is 0.963. The summed E-state index contributed by atoms with van der Waals surface area (Å²) in [6, 6.07) is 5.72. The smallest absolute Gasteiger partial charge is 0.306 e. The maximum atomic E-state index is 11.4. The maximum absolute atomic E-state index is 11.4. The Morgan fingerprint density at radius 2 is 2.00 bits per heavy atom. The van der Waals surface area contributed by atoms with Crippen LogP contribution in [0.4, 0.5) is 5.13 Å². The topological polar surface area (TPSA) is 83.0 Å². The summed E-state index contributed by atoms with van der Waals surface area (Å²) in [6.45, 7) is 4.40. The first-order valence-electron chi connectivity index (χ1n) is 8.42. The highest BCUT2D eigenvalue weighted by Crippen LogP contribution is 2.31. The fourth-order valence-electron chi connectivity index (χ4n) is 2.75. The zero-order chi connectivity index (χ0) is 18.5. The number of nitrogens with zero attached hydrogens (tertiary/aromatic N) is 3. The highest BCUT2D eigenvalue weighted by Gasteiger charge is 2.20. The molecule has 3 rings (SSSR count). The number of rotatable bonds is 7. The second-order valence-electron chi connectivity index (χ2n) is 6.05. The number of benzene rings is 1. The molecule has 1 aromatic carbocycles. The first-order valence-corrected chi connectivity index (χ1v) is 9.61. The van der Waals surface area contributed by atoms with Gasteiger partial charge in [0.15, 0.2) is 5.13 Å². The van der Waals surface area contributed by atoms with E-state index < -0.39 is 11.9 Å². The number of carboxylic acid groups (broad SMARTS) is 1.